The molecule has 68 valence electrons. The number of nitrogens with zero attached hydrogens (tertiary/aromatic N) is 3. The van der Waals surface area contributed by atoms with Crippen LogP contribution in [0.4, 0.5) is 0 Å². The third-order valence-electron chi connectivity index (χ3n) is 1.50. The molecule has 1 heterocycles. The van der Waals surface area contributed by atoms with Crippen LogP contribution >= 0.6 is 0 Å². The highest BCUT2D eigenvalue weighted by Crippen LogP contribution is 2.08. The van der Waals surface area contributed by atoms with Crippen molar-refractivity contribution in [3.63, 3.8) is 0 Å². The molecule has 0 bridgehead atoms. The summed E-state index contributed by atoms with van der Waals surface area (Å²) in [6.45, 7) is 3.89. The minimum Gasteiger partial charge on any atom is -0.444 e. The molecule has 0 radical (unpaired) electrons. The van der Waals surface area contributed by atoms with Crippen molar-refractivity contribution in [1.82, 2.24) is 4.90 Å². The molecule has 0 amide bonds. The second-order valence-electron chi connectivity index (χ2n) is 2.59. The number of amidine groups is 1. The van der Waals surface area contributed by atoms with Crippen LogP contribution in [0, 0.1) is 11.3 Å². The van der Waals surface area contributed by atoms with Crippen LogP contribution in [0.1, 0.15) is 0 Å². The molecule has 1 rings (SSSR count). The number of hydrogen-bond donors (Lipinski definition) is 0. The Kier molecular flexibility index (Phi) is 2.65. The van der Waals surface area contributed by atoms with E-state index < -0.39 is 5.97 Å². The molecular formula is C8H9N3O2. The number of aliphatic imine (C=N–C) groups is 1. The van der Waals surface area contributed by atoms with Gasteiger partial charge in [-0.15, -0.1) is 0 Å². The summed E-state index contributed by atoms with van der Waals surface area (Å²) in [4.78, 5) is 16.7. The first kappa shape index (κ1) is 9.26. The molecule has 1 aliphatic heterocycles. The van der Waals surface area contributed by atoms with E-state index in [1.165, 1.54) is 0 Å². The third-order valence-corrected chi connectivity index (χ3v) is 1.50. The van der Waals surface area contributed by atoms with Gasteiger partial charge >= 0.3 is 5.97 Å². The molecule has 0 unspecified atom stereocenters. The highest BCUT2D eigenvalue weighted by atomic mass is 16.5. The van der Waals surface area contributed by atoms with Crippen molar-refractivity contribution in [3.8, 4) is 6.07 Å². The van der Waals surface area contributed by atoms with Gasteiger partial charge in [0.05, 0.1) is 12.2 Å². The van der Waals surface area contributed by atoms with Crippen molar-refractivity contribution >= 4 is 11.8 Å². The highest BCUT2D eigenvalue weighted by molar-refractivity contribution is 6.36. The molecule has 0 atom stereocenters. The van der Waals surface area contributed by atoms with E-state index in [1.54, 1.807) is 18.0 Å². The molecule has 0 saturated heterocycles. The summed E-state index contributed by atoms with van der Waals surface area (Å²) in [6, 6.07) is 1.71. The zero-order valence-electron chi connectivity index (χ0n) is 7.28. The van der Waals surface area contributed by atoms with Gasteiger partial charge in [0, 0.05) is 7.05 Å². The van der Waals surface area contributed by atoms with Gasteiger partial charge in [-0.05, 0) is 0 Å². The van der Waals surface area contributed by atoms with Gasteiger partial charge in [0.2, 0.25) is 5.84 Å². The molecule has 0 aromatic carbocycles. The van der Waals surface area contributed by atoms with Crippen molar-refractivity contribution in [2.45, 2.75) is 0 Å². The Labute approximate surface area is 75.9 Å². The summed E-state index contributed by atoms with van der Waals surface area (Å²) in [5.74, 6) is -0.372. The summed E-state index contributed by atoms with van der Waals surface area (Å²) in [7, 11) is 1.71. The molecule has 0 aromatic heterocycles. The lowest BCUT2D eigenvalue weighted by Crippen LogP contribution is -2.31. The van der Waals surface area contributed by atoms with E-state index in [2.05, 4.69) is 16.3 Å². The Morgan fingerprint density at radius 2 is 2.62 bits per heavy atom. The van der Waals surface area contributed by atoms with E-state index in [-0.39, 0.29) is 12.4 Å². The molecule has 0 aliphatic carbocycles. The number of carbonyl (C=O) groups excluding carboxylic acids is 1. The zero-order valence-corrected chi connectivity index (χ0v) is 7.28. The maximum absolute atomic E-state index is 11.2. The fraction of sp³-hybridized carbons (Fsp3) is 0.375. The lowest BCUT2D eigenvalue weighted by molar-refractivity contribution is -0.134. The second kappa shape index (κ2) is 3.72. The standard InChI is InChI=1S/C8H9N3O2/c1-6-5-11(2)7(10-6)8(12)13-4-3-9/h1,4-5H2,2H3. The van der Waals surface area contributed by atoms with Crippen molar-refractivity contribution in [2.75, 3.05) is 20.2 Å². The lowest BCUT2D eigenvalue weighted by atomic mass is 10.5. The number of likely N-dealkylation sites (N-methyl/N-ethyl adjacent to an activating group) is 1. The van der Waals surface area contributed by atoms with E-state index in [4.69, 9.17) is 5.26 Å². The molecule has 0 fully saturated rings. The van der Waals surface area contributed by atoms with E-state index in [1.807, 2.05) is 0 Å². The largest absolute Gasteiger partial charge is 0.444 e. The van der Waals surface area contributed by atoms with E-state index in [0.717, 1.165) is 0 Å². The number of hydrogen-bond acceptors (Lipinski definition) is 5. The molecule has 1 aliphatic rings. The van der Waals surface area contributed by atoms with Crippen molar-refractivity contribution in [2.24, 2.45) is 4.99 Å². The van der Waals surface area contributed by atoms with Gasteiger partial charge in [0.1, 0.15) is 6.07 Å². The van der Waals surface area contributed by atoms with E-state index in [9.17, 15) is 4.79 Å². The molecule has 5 nitrogen and oxygen atoms in total. The fourth-order valence-electron chi connectivity index (χ4n) is 0.983. The van der Waals surface area contributed by atoms with Crippen LogP contribution in [0.2, 0.25) is 0 Å². The Bertz CT molecular complexity index is 314. The minimum atomic E-state index is -0.581. The highest BCUT2D eigenvalue weighted by Gasteiger charge is 2.23. The Morgan fingerprint density at radius 1 is 1.92 bits per heavy atom. The van der Waals surface area contributed by atoms with Crippen molar-refractivity contribution in [3.05, 3.63) is 12.3 Å². The number of nitriles is 1. The molecule has 0 aromatic rings. The number of esters is 1. The van der Waals surface area contributed by atoms with Gasteiger partial charge in [-0.25, -0.2) is 9.79 Å². The maximum Gasteiger partial charge on any atom is 0.375 e. The zero-order chi connectivity index (χ0) is 9.84. The predicted octanol–water partition coefficient (Wildman–Crippen LogP) is -0.0892. The average molecular weight is 179 g/mol. The first-order valence-electron chi connectivity index (χ1n) is 3.67. The first-order chi connectivity index (χ1) is 6.15. The first-order valence-corrected chi connectivity index (χ1v) is 3.67. The normalized spacial score (nSPS) is 15.2. The van der Waals surface area contributed by atoms with Gasteiger partial charge < -0.3 is 9.64 Å². The van der Waals surface area contributed by atoms with Crippen LogP contribution < -0.4 is 0 Å². The Balaban J connectivity index is 2.62. The van der Waals surface area contributed by atoms with E-state index >= 15 is 0 Å². The van der Waals surface area contributed by atoms with Gasteiger partial charge in [0.15, 0.2) is 6.61 Å². The van der Waals surface area contributed by atoms with Crippen LogP contribution in [-0.2, 0) is 9.53 Å². The van der Waals surface area contributed by atoms with Crippen molar-refractivity contribution in [1.29, 1.82) is 5.26 Å². The quantitative estimate of drug-likeness (QED) is 0.556. The van der Waals surface area contributed by atoms with Gasteiger partial charge in [-0.2, -0.15) is 5.26 Å². The van der Waals surface area contributed by atoms with Crippen LogP contribution in [0.5, 0.6) is 0 Å². The molecular weight excluding hydrogens is 170 g/mol. The summed E-state index contributed by atoms with van der Waals surface area (Å²) in [5.41, 5.74) is 0.617. The molecule has 0 N–H and O–H groups in total. The number of ether oxygens (including phenoxy) is 1. The van der Waals surface area contributed by atoms with Crippen LogP contribution in [-0.4, -0.2) is 36.9 Å². The van der Waals surface area contributed by atoms with Crippen LogP contribution in [0.3, 0.4) is 0 Å². The molecule has 13 heavy (non-hydrogen) atoms. The van der Waals surface area contributed by atoms with Gasteiger partial charge in [-0.1, -0.05) is 6.58 Å². The smallest absolute Gasteiger partial charge is 0.375 e. The second-order valence-corrected chi connectivity index (χ2v) is 2.59. The molecule has 5 heteroatoms. The topological polar surface area (TPSA) is 65.7 Å². The SMILES string of the molecule is C=C1CN(C)C(C(=O)OCC#N)=N1. The predicted molar refractivity (Wildman–Crippen MR) is 45.8 cm³/mol. The van der Waals surface area contributed by atoms with Gasteiger partial charge in [0.25, 0.3) is 0 Å². The van der Waals surface area contributed by atoms with E-state index in [0.29, 0.717) is 12.2 Å². The van der Waals surface area contributed by atoms with Gasteiger partial charge in [-0.3, -0.25) is 0 Å². The molecule has 0 saturated carbocycles. The number of carbonyl (C=O) groups is 1. The third kappa shape index (κ3) is 2.06. The summed E-state index contributed by atoms with van der Waals surface area (Å²) in [5, 5.41) is 8.18. The van der Waals surface area contributed by atoms with Crippen LogP contribution in [0.25, 0.3) is 0 Å². The molecule has 0 spiro atoms. The Morgan fingerprint density at radius 3 is 3.08 bits per heavy atom. The maximum atomic E-state index is 11.2. The minimum absolute atomic E-state index is 0.209. The monoisotopic (exact) mass is 179 g/mol. The fourth-order valence-corrected chi connectivity index (χ4v) is 0.983. The number of rotatable bonds is 2. The van der Waals surface area contributed by atoms with Crippen molar-refractivity contribution < 1.29 is 9.53 Å². The Hall–Kier alpha value is -1.83. The lowest BCUT2D eigenvalue weighted by Gasteiger charge is -2.10. The summed E-state index contributed by atoms with van der Waals surface area (Å²) < 4.78 is 4.58. The van der Waals surface area contributed by atoms with Crippen LogP contribution in [0.15, 0.2) is 17.3 Å². The summed E-state index contributed by atoms with van der Waals surface area (Å²) >= 11 is 0. The summed E-state index contributed by atoms with van der Waals surface area (Å²) in [6.07, 6.45) is 0. The average Bonchev–Trinajstić information content (AvgIpc) is 2.41.